The summed E-state index contributed by atoms with van der Waals surface area (Å²) < 4.78 is 20.0. The van der Waals surface area contributed by atoms with Crippen molar-refractivity contribution in [1.29, 1.82) is 0 Å². The summed E-state index contributed by atoms with van der Waals surface area (Å²) in [4.78, 5) is 14.9. The van der Waals surface area contributed by atoms with E-state index in [2.05, 4.69) is 18.3 Å². The van der Waals surface area contributed by atoms with Gasteiger partial charge in [0.1, 0.15) is 17.7 Å². The molecule has 0 fully saturated rings. The average Bonchev–Trinajstić information content (AvgIpc) is 3.32. The number of nitrogens with one attached hydrogen (secondary N) is 1. The highest BCUT2D eigenvalue weighted by Gasteiger charge is 2.38. The molecule has 0 radical (unpaired) electrons. The van der Waals surface area contributed by atoms with Gasteiger partial charge in [-0.15, -0.1) is 0 Å². The lowest BCUT2D eigenvalue weighted by atomic mass is 9.84. The number of ether oxygens (including phenoxy) is 1. The summed E-state index contributed by atoms with van der Waals surface area (Å²) >= 11 is 0. The summed E-state index contributed by atoms with van der Waals surface area (Å²) in [5.41, 5.74) is 5.79. The lowest BCUT2D eigenvalue weighted by Crippen LogP contribution is -2.31. The van der Waals surface area contributed by atoms with Crippen molar-refractivity contribution in [2.45, 2.75) is 31.5 Å². The van der Waals surface area contributed by atoms with Gasteiger partial charge in [-0.25, -0.2) is 4.39 Å². The molecule has 1 heterocycles. The lowest BCUT2D eigenvalue weighted by molar-refractivity contribution is 0.0785. The minimum atomic E-state index is -0.261. The van der Waals surface area contributed by atoms with Crippen LogP contribution in [0.2, 0.25) is 0 Å². The molecule has 0 aliphatic carbocycles. The molecule has 4 aromatic rings. The molecule has 0 aromatic heterocycles. The maximum Gasteiger partial charge on any atom is 0.253 e. The van der Waals surface area contributed by atoms with Gasteiger partial charge >= 0.3 is 0 Å². The van der Waals surface area contributed by atoms with E-state index in [0.717, 1.165) is 33.6 Å². The van der Waals surface area contributed by atoms with Crippen molar-refractivity contribution in [1.82, 2.24) is 10.2 Å². The van der Waals surface area contributed by atoms with Gasteiger partial charge in [0.2, 0.25) is 0 Å². The van der Waals surface area contributed by atoms with E-state index in [1.807, 2.05) is 80.8 Å². The summed E-state index contributed by atoms with van der Waals surface area (Å²) in [6.07, 6.45) is -0.215. The Bertz CT molecular complexity index is 1390. The molecule has 4 aromatic carbocycles. The smallest absolute Gasteiger partial charge is 0.253 e. The topological polar surface area (TPSA) is 41.6 Å². The highest BCUT2D eigenvalue weighted by molar-refractivity contribution is 5.95. The first-order chi connectivity index (χ1) is 17.9. The lowest BCUT2D eigenvalue weighted by Gasteiger charge is -2.25. The first-order valence-electron chi connectivity index (χ1n) is 12.6. The van der Waals surface area contributed by atoms with Crippen LogP contribution in [0.5, 0.6) is 5.75 Å². The van der Waals surface area contributed by atoms with E-state index in [9.17, 15) is 9.18 Å². The minimum Gasteiger partial charge on any atom is -0.485 e. The standard InChI is InChI=1S/C32H31FN2O2/c1-21(34-2)30-28-19-25(14-17-29(28)37-31(30)23-12-15-27(33)16-13-23)24-10-7-11-26(18-24)32(36)35(3)20-22-8-5-4-6-9-22/h4-19,21,30-31,34H,20H2,1-3H3. The molecule has 3 atom stereocenters. The van der Waals surface area contributed by atoms with Crippen LogP contribution in [0.1, 0.15) is 46.0 Å². The molecular formula is C32H31FN2O2. The van der Waals surface area contributed by atoms with Gasteiger partial charge in [0.15, 0.2) is 0 Å². The van der Waals surface area contributed by atoms with E-state index >= 15 is 0 Å². The van der Waals surface area contributed by atoms with Gasteiger partial charge in [-0.2, -0.15) is 0 Å². The second-order valence-corrected chi connectivity index (χ2v) is 9.67. The van der Waals surface area contributed by atoms with Crippen LogP contribution in [-0.2, 0) is 6.54 Å². The number of rotatable bonds is 7. The van der Waals surface area contributed by atoms with Gasteiger partial charge in [0, 0.05) is 36.7 Å². The Morgan fingerprint density at radius 1 is 0.946 bits per heavy atom. The molecule has 5 rings (SSSR count). The molecular weight excluding hydrogens is 463 g/mol. The number of benzene rings is 4. The van der Waals surface area contributed by atoms with Gasteiger partial charge in [-0.3, -0.25) is 4.79 Å². The van der Waals surface area contributed by atoms with Crippen molar-refractivity contribution in [2.24, 2.45) is 0 Å². The highest BCUT2D eigenvalue weighted by atomic mass is 19.1. The third-order valence-electron chi connectivity index (χ3n) is 7.19. The molecule has 4 nitrogen and oxygen atoms in total. The first kappa shape index (κ1) is 24.7. The maximum atomic E-state index is 13.6. The quantitative estimate of drug-likeness (QED) is 0.315. The molecule has 1 aliphatic rings. The Morgan fingerprint density at radius 3 is 2.41 bits per heavy atom. The Hall–Kier alpha value is -3.96. The van der Waals surface area contributed by atoms with Crippen LogP contribution in [0.3, 0.4) is 0 Å². The molecule has 5 heteroatoms. The Morgan fingerprint density at radius 2 is 1.68 bits per heavy atom. The number of hydrogen-bond acceptors (Lipinski definition) is 3. The van der Waals surface area contributed by atoms with Crippen molar-refractivity contribution >= 4 is 5.91 Å². The van der Waals surface area contributed by atoms with Crippen LogP contribution >= 0.6 is 0 Å². The number of fused-ring (bicyclic) bond motifs is 1. The molecule has 3 unspecified atom stereocenters. The van der Waals surface area contributed by atoms with E-state index in [-0.39, 0.29) is 29.8 Å². The molecule has 188 valence electrons. The van der Waals surface area contributed by atoms with E-state index < -0.39 is 0 Å². The molecule has 0 spiro atoms. The predicted molar refractivity (Wildman–Crippen MR) is 145 cm³/mol. The summed E-state index contributed by atoms with van der Waals surface area (Å²) in [6, 6.07) is 30.6. The number of amides is 1. The third-order valence-corrected chi connectivity index (χ3v) is 7.19. The fourth-order valence-electron chi connectivity index (χ4n) is 5.09. The van der Waals surface area contributed by atoms with E-state index in [4.69, 9.17) is 4.74 Å². The monoisotopic (exact) mass is 494 g/mol. The average molecular weight is 495 g/mol. The van der Waals surface area contributed by atoms with Crippen molar-refractivity contribution in [3.63, 3.8) is 0 Å². The second kappa shape index (κ2) is 10.6. The van der Waals surface area contributed by atoms with Crippen molar-refractivity contribution in [2.75, 3.05) is 14.1 Å². The van der Waals surface area contributed by atoms with E-state index in [1.165, 1.54) is 12.1 Å². The fourth-order valence-corrected chi connectivity index (χ4v) is 5.09. The molecule has 0 saturated carbocycles. The second-order valence-electron chi connectivity index (χ2n) is 9.67. The van der Waals surface area contributed by atoms with Gasteiger partial charge in [0.25, 0.3) is 5.91 Å². The number of carbonyl (C=O) groups is 1. The van der Waals surface area contributed by atoms with Gasteiger partial charge in [-0.1, -0.05) is 60.7 Å². The molecule has 1 aliphatic heterocycles. The van der Waals surface area contributed by atoms with Crippen molar-refractivity contribution in [3.8, 4) is 16.9 Å². The number of hydrogen-bond donors (Lipinski definition) is 1. The number of nitrogens with zero attached hydrogens (tertiary/aromatic N) is 1. The summed E-state index contributed by atoms with van der Waals surface area (Å²) in [6.45, 7) is 2.68. The Balaban J connectivity index is 1.43. The van der Waals surface area contributed by atoms with Crippen molar-refractivity contribution < 1.29 is 13.9 Å². The highest BCUT2D eigenvalue weighted by Crippen LogP contribution is 2.48. The van der Waals surface area contributed by atoms with Gasteiger partial charge in [0.05, 0.1) is 0 Å². The molecule has 0 bridgehead atoms. The Labute approximate surface area is 217 Å². The van der Waals surface area contributed by atoms with E-state index in [1.54, 1.807) is 17.0 Å². The molecule has 1 amide bonds. The fraction of sp³-hybridized carbons (Fsp3) is 0.219. The molecule has 1 N–H and O–H groups in total. The normalized spacial score (nSPS) is 17.1. The summed E-state index contributed by atoms with van der Waals surface area (Å²) in [5.74, 6) is 0.601. The maximum absolute atomic E-state index is 13.6. The zero-order valence-corrected chi connectivity index (χ0v) is 21.3. The van der Waals surface area contributed by atoms with Crippen LogP contribution in [-0.4, -0.2) is 30.9 Å². The summed E-state index contributed by atoms with van der Waals surface area (Å²) in [5, 5.41) is 3.37. The van der Waals surface area contributed by atoms with Crippen LogP contribution in [0.25, 0.3) is 11.1 Å². The molecule has 37 heavy (non-hydrogen) atoms. The predicted octanol–water partition coefficient (Wildman–Crippen LogP) is 6.59. The SMILES string of the molecule is CNC(C)C1c2cc(-c3cccc(C(=O)N(C)Cc4ccccc4)c3)ccc2OC1c1ccc(F)cc1. The van der Waals surface area contributed by atoms with Crippen LogP contribution in [0, 0.1) is 5.82 Å². The van der Waals surface area contributed by atoms with Crippen LogP contribution in [0.4, 0.5) is 4.39 Å². The van der Waals surface area contributed by atoms with Crippen molar-refractivity contribution in [3.05, 3.63) is 125 Å². The number of halogens is 1. The van der Waals surface area contributed by atoms with Crippen LogP contribution < -0.4 is 10.1 Å². The summed E-state index contributed by atoms with van der Waals surface area (Å²) in [7, 11) is 3.77. The van der Waals surface area contributed by atoms with Gasteiger partial charge < -0.3 is 15.0 Å². The zero-order valence-electron chi connectivity index (χ0n) is 21.3. The largest absolute Gasteiger partial charge is 0.485 e. The third kappa shape index (κ3) is 5.13. The zero-order chi connectivity index (χ0) is 25.9. The van der Waals surface area contributed by atoms with Gasteiger partial charge in [-0.05, 0) is 72.6 Å². The molecule has 0 saturated heterocycles. The number of carbonyl (C=O) groups excluding carboxylic acids is 1. The minimum absolute atomic E-state index is 0.0201. The number of likely N-dealkylation sites (N-methyl/N-ethyl adjacent to an activating group) is 1. The Kier molecular flexibility index (Phi) is 7.06. The van der Waals surface area contributed by atoms with E-state index in [0.29, 0.717) is 12.1 Å². The van der Waals surface area contributed by atoms with Crippen LogP contribution in [0.15, 0.2) is 97.1 Å². The first-order valence-corrected chi connectivity index (χ1v) is 12.6.